The summed E-state index contributed by atoms with van der Waals surface area (Å²) in [4.78, 5) is 26.3. The predicted octanol–water partition coefficient (Wildman–Crippen LogP) is -0.335. The van der Waals surface area contributed by atoms with Crippen molar-refractivity contribution in [3.8, 4) is 6.07 Å². The molecule has 2 aliphatic heterocycles. The molecule has 0 radical (unpaired) electrons. The molecule has 4 atom stereocenters. The van der Waals surface area contributed by atoms with Crippen molar-refractivity contribution in [3.05, 3.63) is 18.1 Å². The third-order valence-corrected chi connectivity index (χ3v) is 5.91. The third kappa shape index (κ3) is 4.93. The van der Waals surface area contributed by atoms with E-state index in [1.165, 1.54) is 4.57 Å². The maximum atomic E-state index is 10.9. The van der Waals surface area contributed by atoms with Crippen molar-refractivity contribution < 1.29 is 38.8 Å². The summed E-state index contributed by atoms with van der Waals surface area (Å²) >= 11 is 0. The van der Waals surface area contributed by atoms with Gasteiger partial charge in [0.25, 0.3) is 0 Å². The van der Waals surface area contributed by atoms with Crippen LogP contribution in [-0.4, -0.2) is 85.1 Å². The van der Waals surface area contributed by atoms with E-state index in [-0.39, 0.29) is 18.5 Å². The van der Waals surface area contributed by atoms with Crippen molar-refractivity contribution in [3.63, 3.8) is 0 Å². The Kier molecular flexibility index (Phi) is 6.75. The third-order valence-electron chi connectivity index (χ3n) is 5.39. The number of aromatic nitrogens is 3. The highest BCUT2D eigenvalue weighted by molar-refractivity contribution is 7.51. The van der Waals surface area contributed by atoms with E-state index in [0.717, 1.165) is 12.8 Å². The molecular formula is C18H24N5O8P. The SMILES string of the molecule is N#Cc1nc(NC2CCOCC2)c2ccn([C@@H]3O[C@H](COCP(=O)(O)O)[C@@H](O)[C@H]3O)c2n1. The average molecular weight is 469 g/mol. The molecule has 0 amide bonds. The molecule has 4 rings (SSSR count). The Morgan fingerprint density at radius 1 is 1.28 bits per heavy atom. The largest absolute Gasteiger partial charge is 0.387 e. The second-order valence-corrected chi connectivity index (χ2v) is 9.30. The first-order valence-electron chi connectivity index (χ1n) is 10.0. The van der Waals surface area contributed by atoms with Gasteiger partial charge in [-0.25, -0.2) is 9.97 Å². The summed E-state index contributed by atoms with van der Waals surface area (Å²) in [7, 11) is -4.37. The van der Waals surface area contributed by atoms with Gasteiger partial charge in [-0.3, -0.25) is 4.57 Å². The fraction of sp³-hybridized carbons (Fsp3) is 0.611. The molecule has 2 fully saturated rings. The van der Waals surface area contributed by atoms with Gasteiger partial charge < -0.3 is 44.1 Å². The van der Waals surface area contributed by atoms with Crippen LogP contribution < -0.4 is 5.32 Å². The van der Waals surface area contributed by atoms with Crippen LogP contribution >= 0.6 is 7.60 Å². The van der Waals surface area contributed by atoms with Crippen LogP contribution in [0.5, 0.6) is 0 Å². The number of aliphatic hydroxyl groups is 2. The first-order chi connectivity index (χ1) is 15.3. The fourth-order valence-corrected chi connectivity index (χ4v) is 4.16. The summed E-state index contributed by atoms with van der Waals surface area (Å²) in [6.45, 7) is 0.932. The van der Waals surface area contributed by atoms with Crippen LogP contribution in [0.4, 0.5) is 5.82 Å². The minimum Gasteiger partial charge on any atom is -0.387 e. The van der Waals surface area contributed by atoms with Gasteiger partial charge >= 0.3 is 7.60 Å². The van der Waals surface area contributed by atoms with Crippen molar-refractivity contribution in [2.24, 2.45) is 0 Å². The lowest BCUT2D eigenvalue weighted by molar-refractivity contribution is -0.0610. The lowest BCUT2D eigenvalue weighted by atomic mass is 10.1. The number of hydrogen-bond donors (Lipinski definition) is 5. The van der Waals surface area contributed by atoms with Crippen molar-refractivity contribution in [2.75, 3.05) is 31.5 Å². The number of rotatable bonds is 7. The van der Waals surface area contributed by atoms with E-state index in [0.29, 0.717) is 30.1 Å². The zero-order chi connectivity index (χ0) is 22.9. The van der Waals surface area contributed by atoms with E-state index in [1.807, 2.05) is 6.07 Å². The highest BCUT2D eigenvalue weighted by atomic mass is 31.2. The molecule has 2 aliphatic rings. The van der Waals surface area contributed by atoms with Crippen LogP contribution in [0.2, 0.25) is 0 Å². The van der Waals surface area contributed by atoms with Crippen LogP contribution in [0.3, 0.4) is 0 Å². The molecule has 0 spiro atoms. The molecule has 4 heterocycles. The van der Waals surface area contributed by atoms with Gasteiger partial charge in [-0.2, -0.15) is 5.26 Å². The molecule has 174 valence electrons. The van der Waals surface area contributed by atoms with Gasteiger partial charge in [0.2, 0.25) is 5.82 Å². The van der Waals surface area contributed by atoms with Crippen molar-refractivity contribution in [1.82, 2.24) is 14.5 Å². The van der Waals surface area contributed by atoms with Crippen molar-refractivity contribution >= 4 is 24.4 Å². The first kappa shape index (κ1) is 23.0. The molecule has 0 bridgehead atoms. The zero-order valence-corrected chi connectivity index (χ0v) is 17.8. The van der Waals surface area contributed by atoms with Gasteiger partial charge in [0, 0.05) is 25.5 Å². The maximum absolute atomic E-state index is 10.9. The van der Waals surface area contributed by atoms with Gasteiger partial charge in [0.1, 0.15) is 42.2 Å². The summed E-state index contributed by atoms with van der Waals surface area (Å²) < 4.78 is 28.5. The van der Waals surface area contributed by atoms with E-state index < -0.39 is 38.5 Å². The molecule has 0 aromatic carbocycles. The minimum absolute atomic E-state index is 0.0680. The molecular weight excluding hydrogens is 445 g/mol. The fourth-order valence-electron chi connectivity index (χ4n) is 3.82. The lowest BCUT2D eigenvalue weighted by Crippen LogP contribution is -2.34. The smallest absolute Gasteiger partial charge is 0.350 e. The molecule has 32 heavy (non-hydrogen) atoms. The highest BCUT2D eigenvalue weighted by Crippen LogP contribution is 2.36. The molecule has 5 N–H and O–H groups in total. The standard InChI is InChI=1S/C18H24N5O8P/c19-7-13-21-16(20-10-2-5-29-6-3-10)11-1-4-23(17(11)22-13)18-15(25)14(24)12(31-18)8-30-9-32(26,27)28/h1,4,10,12,14-15,18,24-25H,2-3,5-6,8-9H2,(H,20,21,22)(H2,26,27,28)/t12-,14-,15-,18-/m1/s1. The number of aliphatic hydroxyl groups excluding tert-OH is 2. The Morgan fingerprint density at radius 3 is 2.72 bits per heavy atom. The van der Waals surface area contributed by atoms with Gasteiger partial charge in [0.05, 0.1) is 12.0 Å². The molecule has 0 aliphatic carbocycles. The zero-order valence-electron chi connectivity index (χ0n) is 16.9. The van der Waals surface area contributed by atoms with E-state index in [4.69, 9.17) is 24.0 Å². The maximum Gasteiger partial charge on any atom is 0.350 e. The van der Waals surface area contributed by atoms with Crippen LogP contribution in [0.25, 0.3) is 11.0 Å². The Hall–Kier alpha value is -2.14. The number of nitrogens with zero attached hydrogens (tertiary/aromatic N) is 4. The Morgan fingerprint density at radius 2 is 2.03 bits per heavy atom. The van der Waals surface area contributed by atoms with Crippen LogP contribution in [0.15, 0.2) is 12.3 Å². The summed E-state index contributed by atoms with van der Waals surface area (Å²) in [6, 6.07) is 3.78. The van der Waals surface area contributed by atoms with Gasteiger partial charge in [-0.1, -0.05) is 0 Å². The van der Waals surface area contributed by atoms with E-state index in [2.05, 4.69) is 15.3 Å². The van der Waals surface area contributed by atoms with Crippen molar-refractivity contribution in [2.45, 2.75) is 43.4 Å². The van der Waals surface area contributed by atoms with Crippen molar-refractivity contribution in [1.29, 1.82) is 5.26 Å². The lowest BCUT2D eigenvalue weighted by Gasteiger charge is -2.24. The number of ether oxygens (including phenoxy) is 3. The molecule has 0 saturated carbocycles. The first-order valence-corrected chi connectivity index (χ1v) is 11.8. The van der Waals surface area contributed by atoms with Crippen LogP contribution in [-0.2, 0) is 18.8 Å². The normalized spacial score (nSPS) is 27.0. The van der Waals surface area contributed by atoms with E-state index in [9.17, 15) is 20.0 Å². The number of nitrogens with one attached hydrogen (secondary N) is 1. The number of fused-ring (bicyclic) bond motifs is 1. The summed E-state index contributed by atoms with van der Waals surface area (Å²) in [5.74, 6) is 0.410. The number of hydrogen-bond acceptors (Lipinski definition) is 10. The van der Waals surface area contributed by atoms with Gasteiger partial charge in [0.15, 0.2) is 6.23 Å². The average Bonchev–Trinajstić information content (AvgIpc) is 3.30. The summed E-state index contributed by atoms with van der Waals surface area (Å²) in [6.07, 6.45) is -2.42. The quantitative estimate of drug-likeness (QED) is 0.332. The Labute approximate surface area is 182 Å². The molecule has 13 nitrogen and oxygen atoms in total. The Balaban J connectivity index is 1.58. The topological polar surface area (TPSA) is 192 Å². The monoisotopic (exact) mass is 469 g/mol. The summed E-state index contributed by atoms with van der Waals surface area (Å²) in [5, 5.41) is 34.2. The minimum atomic E-state index is -4.37. The molecule has 2 aromatic rings. The molecule has 2 aromatic heterocycles. The highest BCUT2D eigenvalue weighted by Gasteiger charge is 2.44. The van der Waals surface area contributed by atoms with Crippen LogP contribution in [0.1, 0.15) is 24.9 Å². The Bertz CT molecular complexity index is 1050. The summed E-state index contributed by atoms with van der Waals surface area (Å²) in [5.41, 5.74) is 0.333. The van der Waals surface area contributed by atoms with Gasteiger partial charge in [-0.05, 0) is 18.9 Å². The van der Waals surface area contributed by atoms with E-state index in [1.54, 1.807) is 12.3 Å². The van der Waals surface area contributed by atoms with E-state index >= 15 is 0 Å². The molecule has 0 unspecified atom stereocenters. The predicted molar refractivity (Wildman–Crippen MR) is 108 cm³/mol. The molecule has 14 heteroatoms. The molecule has 2 saturated heterocycles. The number of anilines is 1. The second kappa shape index (κ2) is 9.38. The van der Waals surface area contributed by atoms with Crippen LogP contribution in [0, 0.1) is 11.3 Å². The second-order valence-electron chi connectivity index (χ2n) is 7.71. The number of nitriles is 1. The van der Waals surface area contributed by atoms with Gasteiger partial charge in [-0.15, -0.1) is 0 Å².